The van der Waals surface area contributed by atoms with Crippen molar-refractivity contribution in [3.8, 4) is 0 Å². The van der Waals surface area contributed by atoms with Crippen molar-refractivity contribution in [2.75, 3.05) is 18.0 Å². The van der Waals surface area contributed by atoms with Crippen LogP contribution in [-0.2, 0) is 26.7 Å². The second kappa shape index (κ2) is 9.25. The first-order valence-electron chi connectivity index (χ1n) is 9.42. The van der Waals surface area contributed by atoms with E-state index in [1.807, 2.05) is 0 Å². The lowest BCUT2D eigenvalue weighted by Crippen LogP contribution is -2.48. The van der Waals surface area contributed by atoms with Crippen LogP contribution in [0.4, 0.5) is 32.0 Å². The van der Waals surface area contributed by atoms with Crippen molar-refractivity contribution in [3.63, 3.8) is 0 Å². The fourth-order valence-electron chi connectivity index (χ4n) is 3.62. The highest BCUT2D eigenvalue weighted by Crippen LogP contribution is 2.42. The molecule has 1 amide bonds. The second-order valence-electron chi connectivity index (χ2n) is 7.35. The SMILES string of the molecule is C[C@@H]1CN([C@@H](CCC(=O)O)C(=O)O)C(=O)CCN1c1ccc(C(F)(F)F)c(C(F)(F)F)c1. The summed E-state index contributed by atoms with van der Waals surface area (Å²) < 4.78 is 78.9. The van der Waals surface area contributed by atoms with E-state index in [2.05, 4.69) is 0 Å². The molecule has 0 aliphatic carbocycles. The summed E-state index contributed by atoms with van der Waals surface area (Å²) in [5.41, 5.74) is -3.91. The lowest BCUT2D eigenvalue weighted by Gasteiger charge is -2.33. The average Bonchev–Trinajstić information content (AvgIpc) is 2.78. The number of hydrogen-bond donors (Lipinski definition) is 2. The molecule has 0 radical (unpaired) electrons. The summed E-state index contributed by atoms with van der Waals surface area (Å²) in [5.74, 6) is -3.35. The standard InChI is InChI=1S/C19H20F6N2O5/c1-10-9-27(14(17(31)32)4-5-16(29)30)15(28)6-7-26(10)11-2-3-12(18(20,21)22)13(8-11)19(23,24)25/h2-3,8,10,14H,4-7,9H2,1H3,(H,29,30)(H,31,32)/t10-,14+/m1/s1. The molecule has 0 bridgehead atoms. The van der Waals surface area contributed by atoms with Gasteiger partial charge in [0.2, 0.25) is 5.91 Å². The van der Waals surface area contributed by atoms with Crippen LogP contribution in [0.1, 0.15) is 37.3 Å². The minimum atomic E-state index is -5.27. The molecule has 1 heterocycles. The Morgan fingerprint density at radius 2 is 1.69 bits per heavy atom. The van der Waals surface area contributed by atoms with Gasteiger partial charge in [0, 0.05) is 37.7 Å². The Labute approximate surface area is 178 Å². The quantitative estimate of drug-likeness (QED) is 0.618. The number of carbonyl (C=O) groups is 3. The lowest BCUT2D eigenvalue weighted by atomic mass is 10.0. The number of aliphatic carboxylic acids is 2. The van der Waals surface area contributed by atoms with E-state index in [0.29, 0.717) is 12.1 Å². The molecule has 1 aliphatic rings. The van der Waals surface area contributed by atoms with Crippen molar-refractivity contribution >= 4 is 23.5 Å². The Hall–Kier alpha value is -2.99. The van der Waals surface area contributed by atoms with Crippen molar-refractivity contribution in [3.05, 3.63) is 29.3 Å². The van der Waals surface area contributed by atoms with Crippen LogP contribution in [0, 0.1) is 0 Å². The molecule has 2 rings (SSSR count). The van der Waals surface area contributed by atoms with E-state index >= 15 is 0 Å². The summed E-state index contributed by atoms with van der Waals surface area (Å²) >= 11 is 0. The third kappa shape index (κ3) is 5.82. The number of halogens is 6. The molecule has 0 aromatic heterocycles. The first-order chi connectivity index (χ1) is 14.6. The van der Waals surface area contributed by atoms with Gasteiger partial charge < -0.3 is 20.0 Å². The number of carbonyl (C=O) groups excluding carboxylic acids is 1. The van der Waals surface area contributed by atoms with Crippen molar-refractivity contribution in [2.24, 2.45) is 0 Å². The van der Waals surface area contributed by atoms with Crippen LogP contribution in [0.3, 0.4) is 0 Å². The highest BCUT2D eigenvalue weighted by Gasteiger charge is 2.44. The summed E-state index contributed by atoms with van der Waals surface area (Å²) in [6.07, 6.45) is -11.7. The molecule has 0 spiro atoms. The van der Waals surface area contributed by atoms with Gasteiger partial charge in [0.1, 0.15) is 6.04 Å². The summed E-state index contributed by atoms with van der Waals surface area (Å²) in [5, 5.41) is 18.2. The number of amides is 1. The topological polar surface area (TPSA) is 98.1 Å². The molecule has 1 saturated heterocycles. The van der Waals surface area contributed by atoms with Gasteiger partial charge in [-0.25, -0.2) is 4.79 Å². The minimum absolute atomic E-state index is 0.162. The molecule has 0 saturated carbocycles. The summed E-state index contributed by atoms with van der Waals surface area (Å²) in [4.78, 5) is 37.1. The van der Waals surface area contributed by atoms with E-state index in [0.717, 1.165) is 11.0 Å². The molecule has 7 nitrogen and oxygen atoms in total. The van der Waals surface area contributed by atoms with Crippen LogP contribution < -0.4 is 4.90 Å². The number of carboxylic acids is 2. The van der Waals surface area contributed by atoms with E-state index in [-0.39, 0.29) is 31.6 Å². The molecule has 0 unspecified atom stereocenters. The zero-order valence-electron chi connectivity index (χ0n) is 16.7. The Kier molecular flexibility index (Phi) is 7.30. The number of carboxylic acid groups (broad SMARTS) is 2. The number of nitrogens with zero attached hydrogens (tertiary/aromatic N) is 2. The highest BCUT2D eigenvalue weighted by molar-refractivity contribution is 5.85. The second-order valence-corrected chi connectivity index (χ2v) is 7.35. The van der Waals surface area contributed by atoms with Crippen LogP contribution in [0.2, 0.25) is 0 Å². The number of benzene rings is 1. The number of alkyl halides is 6. The zero-order valence-corrected chi connectivity index (χ0v) is 16.7. The Balaban J connectivity index is 2.38. The summed E-state index contributed by atoms with van der Waals surface area (Å²) in [7, 11) is 0. The first-order valence-corrected chi connectivity index (χ1v) is 9.42. The van der Waals surface area contributed by atoms with Gasteiger partial charge in [-0.05, 0) is 31.5 Å². The molecular formula is C19H20F6N2O5. The van der Waals surface area contributed by atoms with Crippen LogP contribution in [-0.4, -0.2) is 58.1 Å². The van der Waals surface area contributed by atoms with Crippen molar-refractivity contribution in [1.82, 2.24) is 4.90 Å². The largest absolute Gasteiger partial charge is 0.481 e. The van der Waals surface area contributed by atoms with E-state index < -0.39 is 59.8 Å². The highest BCUT2D eigenvalue weighted by atomic mass is 19.4. The van der Waals surface area contributed by atoms with Gasteiger partial charge in [-0.2, -0.15) is 26.3 Å². The van der Waals surface area contributed by atoms with E-state index in [1.54, 1.807) is 0 Å². The maximum Gasteiger partial charge on any atom is 0.417 e. The summed E-state index contributed by atoms with van der Waals surface area (Å²) in [6, 6.07) is -0.667. The monoisotopic (exact) mass is 470 g/mol. The third-order valence-electron chi connectivity index (χ3n) is 5.12. The Morgan fingerprint density at radius 1 is 1.09 bits per heavy atom. The molecule has 1 fully saturated rings. The number of hydrogen-bond acceptors (Lipinski definition) is 4. The molecule has 13 heteroatoms. The van der Waals surface area contributed by atoms with E-state index in [9.17, 15) is 45.8 Å². The van der Waals surface area contributed by atoms with Gasteiger partial charge in [-0.3, -0.25) is 9.59 Å². The zero-order chi connectivity index (χ0) is 24.4. The van der Waals surface area contributed by atoms with E-state index in [4.69, 9.17) is 5.11 Å². The van der Waals surface area contributed by atoms with Crippen LogP contribution in [0.25, 0.3) is 0 Å². The molecule has 1 aromatic rings. The maximum atomic E-state index is 13.3. The smallest absolute Gasteiger partial charge is 0.417 e. The van der Waals surface area contributed by atoms with Crippen LogP contribution >= 0.6 is 0 Å². The minimum Gasteiger partial charge on any atom is -0.481 e. The average molecular weight is 470 g/mol. The van der Waals surface area contributed by atoms with Gasteiger partial charge in [0.05, 0.1) is 11.1 Å². The van der Waals surface area contributed by atoms with Crippen molar-refractivity contribution in [1.29, 1.82) is 0 Å². The Bertz CT molecular complexity index is 886. The van der Waals surface area contributed by atoms with Gasteiger partial charge in [0.25, 0.3) is 0 Å². The fourth-order valence-corrected chi connectivity index (χ4v) is 3.62. The fraction of sp³-hybridized carbons (Fsp3) is 0.526. The van der Waals surface area contributed by atoms with Gasteiger partial charge in [0.15, 0.2) is 0 Å². The van der Waals surface area contributed by atoms with Crippen molar-refractivity contribution < 1.29 is 50.9 Å². The molecule has 2 N–H and O–H groups in total. The van der Waals surface area contributed by atoms with Gasteiger partial charge >= 0.3 is 24.3 Å². The molecular weight excluding hydrogens is 450 g/mol. The molecule has 2 atom stereocenters. The van der Waals surface area contributed by atoms with Gasteiger partial charge in [-0.15, -0.1) is 0 Å². The molecule has 178 valence electrons. The summed E-state index contributed by atoms with van der Waals surface area (Å²) in [6.45, 7) is 1.05. The molecule has 1 aliphatic heterocycles. The number of anilines is 1. The van der Waals surface area contributed by atoms with Gasteiger partial charge in [-0.1, -0.05) is 0 Å². The predicted molar refractivity (Wildman–Crippen MR) is 97.9 cm³/mol. The van der Waals surface area contributed by atoms with Crippen LogP contribution in [0.5, 0.6) is 0 Å². The Morgan fingerprint density at radius 3 is 2.19 bits per heavy atom. The lowest BCUT2D eigenvalue weighted by molar-refractivity contribution is -0.162. The van der Waals surface area contributed by atoms with Crippen LogP contribution in [0.15, 0.2) is 18.2 Å². The number of rotatable bonds is 6. The first kappa shape index (κ1) is 25.3. The molecule has 32 heavy (non-hydrogen) atoms. The normalized spacial score (nSPS) is 19.0. The van der Waals surface area contributed by atoms with E-state index in [1.165, 1.54) is 11.8 Å². The third-order valence-corrected chi connectivity index (χ3v) is 5.12. The maximum absolute atomic E-state index is 13.3. The van der Waals surface area contributed by atoms with Crippen molar-refractivity contribution in [2.45, 2.75) is 50.6 Å². The predicted octanol–water partition coefficient (Wildman–Crippen LogP) is 3.47. The molecule has 1 aromatic carbocycles.